The van der Waals surface area contributed by atoms with Gasteiger partial charge in [0.05, 0.1) is 9.82 Å². The van der Waals surface area contributed by atoms with E-state index in [1.807, 2.05) is 4.90 Å². The van der Waals surface area contributed by atoms with Gasteiger partial charge < -0.3 is 10.0 Å². The van der Waals surface area contributed by atoms with Crippen LogP contribution < -0.4 is 4.90 Å². The summed E-state index contributed by atoms with van der Waals surface area (Å²) in [6.07, 6.45) is 3.55. The van der Waals surface area contributed by atoms with Crippen LogP contribution in [-0.2, 0) is 9.84 Å². The number of hydrogen-bond acceptors (Lipinski definition) is 6. The van der Waals surface area contributed by atoms with E-state index in [1.54, 1.807) is 6.08 Å². The molecule has 8 heteroatoms. The average Bonchev–Trinajstić information content (AvgIpc) is 3.28. The first-order chi connectivity index (χ1) is 9.90. The van der Waals surface area contributed by atoms with Crippen molar-refractivity contribution in [1.82, 2.24) is 0 Å². The van der Waals surface area contributed by atoms with E-state index in [9.17, 15) is 18.5 Å². The molecule has 114 valence electrons. The second kappa shape index (κ2) is 5.82. The molecule has 0 aliphatic heterocycles. The maximum atomic E-state index is 11.6. The Morgan fingerprint density at radius 2 is 2.14 bits per heavy atom. The number of nitrogens with zero attached hydrogens (tertiary/aromatic N) is 2. The molecule has 7 nitrogen and oxygen atoms in total. The van der Waals surface area contributed by atoms with Crippen LogP contribution >= 0.6 is 0 Å². The molecule has 1 aromatic carbocycles. The van der Waals surface area contributed by atoms with E-state index in [-0.39, 0.29) is 16.6 Å². The Bertz CT molecular complexity index is 667. The molecule has 0 heterocycles. The standard InChI is InChI=1S/C13H16N2O5S/c1-2-7-14(10-3-4-10)12-6-5-11(21(19,20)9-16)8-13(12)15(17)18/h2,5-6,8,10,16H,1,3-4,7,9H2. The summed E-state index contributed by atoms with van der Waals surface area (Å²) in [7, 11) is -3.90. The predicted octanol–water partition coefficient (Wildman–Crippen LogP) is 1.47. The van der Waals surface area contributed by atoms with Crippen LogP contribution in [0.15, 0.2) is 35.7 Å². The molecule has 0 atom stereocenters. The van der Waals surface area contributed by atoms with Crippen molar-refractivity contribution < 1.29 is 18.4 Å². The first-order valence-electron chi connectivity index (χ1n) is 6.40. The maximum absolute atomic E-state index is 11.6. The minimum atomic E-state index is -3.90. The van der Waals surface area contributed by atoms with Crippen molar-refractivity contribution in [3.05, 3.63) is 41.0 Å². The molecule has 0 unspecified atom stereocenters. The van der Waals surface area contributed by atoms with Crippen molar-refractivity contribution >= 4 is 21.2 Å². The maximum Gasteiger partial charge on any atom is 0.293 e. The largest absolute Gasteiger partial charge is 0.380 e. The normalized spacial score (nSPS) is 14.7. The Morgan fingerprint density at radius 1 is 1.48 bits per heavy atom. The summed E-state index contributed by atoms with van der Waals surface area (Å²) >= 11 is 0. The van der Waals surface area contributed by atoms with Crippen molar-refractivity contribution in [2.75, 3.05) is 17.4 Å². The van der Waals surface area contributed by atoms with E-state index < -0.39 is 20.7 Å². The molecule has 1 fully saturated rings. The fraction of sp³-hybridized carbons (Fsp3) is 0.385. The highest BCUT2D eigenvalue weighted by molar-refractivity contribution is 7.91. The minimum Gasteiger partial charge on any atom is -0.380 e. The van der Waals surface area contributed by atoms with Crippen molar-refractivity contribution in [3.63, 3.8) is 0 Å². The topological polar surface area (TPSA) is 101 Å². The third-order valence-electron chi connectivity index (χ3n) is 3.30. The number of nitro benzene ring substituents is 1. The van der Waals surface area contributed by atoms with Crippen molar-refractivity contribution in [2.24, 2.45) is 0 Å². The fourth-order valence-electron chi connectivity index (χ4n) is 2.13. The number of rotatable bonds is 7. The molecular weight excluding hydrogens is 296 g/mol. The van der Waals surface area contributed by atoms with Gasteiger partial charge in [0, 0.05) is 18.7 Å². The SMILES string of the molecule is C=CCN(c1ccc(S(=O)(=O)CO)cc1[N+](=O)[O-])C1CC1. The predicted molar refractivity (Wildman–Crippen MR) is 77.9 cm³/mol. The lowest BCUT2D eigenvalue weighted by Gasteiger charge is -2.22. The second-order valence-corrected chi connectivity index (χ2v) is 6.78. The summed E-state index contributed by atoms with van der Waals surface area (Å²) in [6, 6.07) is 3.93. The first kappa shape index (κ1) is 15.5. The summed E-state index contributed by atoms with van der Waals surface area (Å²) < 4.78 is 23.3. The van der Waals surface area contributed by atoms with Crippen molar-refractivity contribution in [3.8, 4) is 0 Å². The molecule has 21 heavy (non-hydrogen) atoms. The second-order valence-electron chi connectivity index (χ2n) is 4.82. The van der Waals surface area contributed by atoms with E-state index in [0.29, 0.717) is 12.2 Å². The Morgan fingerprint density at radius 3 is 2.62 bits per heavy atom. The monoisotopic (exact) mass is 312 g/mol. The average molecular weight is 312 g/mol. The van der Waals surface area contributed by atoms with Gasteiger partial charge >= 0.3 is 0 Å². The number of aliphatic hydroxyl groups is 1. The number of hydrogen-bond donors (Lipinski definition) is 1. The van der Waals surface area contributed by atoms with Gasteiger partial charge in [-0.3, -0.25) is 10.1 Å². The molecule has 1 saturated carbocycles. The molecule has 1 N–H and O–H groups in total. The van der Waals surface area contributed by atoms with Crippen LogP contribution in [0, 0.1) is 10.1 Å². The molecule has 2 rings (SSSR count). The Kier molecular flexibility index (Phi) is 4.29. The first-order valence-corrected chi connectivity index (χ1v) is 8.05. The number of anilines is 1. The molecule has 0 radical (unpaired) electrons. The van der Waals surface area contributed by atoms with Crippen molar-refractivity contribution in [1.29, 1.82) is 0 Å². The highest BCUT2D eigenvalue weighted by atomic mass is 32.2. The molecule has 1 aliphatic rings. The zero-order chi connectivity index (χ0) is 15.6. The molecule has 0 bridgehead atoms. The van der Waals surface area contributed by atoms with Gasteiger partial charge in [0.2, 0.25) is 9.84 Å². The van der Waals surface area contributed by atoms with E-state index in [2.05, 4.69) is 6.58 Å². The van der Waals surface area contributed by atoms with Crippen LogP contribution in [0.5, 0.6) is 0 Å². The summed E-state index contributed by atoms with van der Waals surface area (Å²) in [5, 5.41) is 20.1. The van der Waals surface area contributed by atoms with Gasteiger partial charge in [0.1, 0.15) is 11.6 Å². The molecule has 1 aliphatic carbocycles. The highest BCUT2D eigenvalue weighted by Gasteiger charge is 2.33. The lowest BCUT2D eigenvalue weighted by Crippen LogP contribution is -2.26. The molecule has 0 amide bonds. The molecule has 0 aromatic heterocycles. The van der Waals surface area contributed by atoms with E-state index in [0.717, 1.165) is 18.9 Å². The summed E-state index contributed by atoms with van der Waals surface area (Å²) in [6.45, 7) is 4.10. The van der Waals surface area contributed by atoms with Crippen LogP contribution in [0.3, 0.4) is 0 Å². The number of sulfone groups is 1. The third kappa shape index (κ3) is 3.22. The van der Waals surface area contributed by atoms with Gasteiger partial charge in [0.25, 0.3) is 5.69 Å². The fourth-order valence-corrected chi connectivity index (χ4v) is 2.85. The Labute approximate surface area is 122 Å². The third-order valence-corrected chi connectivity index (χ3v) is 4.61. The van der Waals surface area contributed by atoms with Crippen LogP contribution in [0.2, 0.25) is 0 Å². The number of aliphatic hydroxyl groups excluding tert-OH is 1. The van der Waals surface area contributed by atoms with E-state index in [1.165, 1.54) is 12.1 Å². The lowest BCUT2D eigenvalue weighted by atomic mass is 10.2. The smallest absolute Gasteiger partial charge is 0.293 e. The summed E-state index contributed by atoms with van der Waals surface area (Å²) in [4.78, 5) is 12.2. The zero-order valence-corrected chi connectivity index (χ0v) is 12.1. The van der Waals surface area contributed by atoms with Gasteiger partial charge in [0.15, 0.2) is 0 Å². The molecule has 1 aromatic rings. The molecule has 0 spiro atoms. The summed E-state index contributed by atoms with van der Waals surface area (Å²) in [5.74, 6) is -1.08. The Balaban J connectivity index is 2.51. The summed E-state index contributed by atoms with van der Waals surface area (Å²) in [5.41, 5.74) is 0.0950. The lowest BCUT2D eigenvalue weighted by molar-refractivity contribution is -0.384. The van der Waals surface area contributed by atoms with E-state index in [4.69, 9.17) is 5.11 Å². The van der Waals surface area contributed by atoms with Crippen LogP contribution in [0.1, 0.15) is 12.8 Å². The highest BCUT2D eigenvalue weighted by Crippen LogP contribution is 2.38. The zero-order valence-electron chi connectivity index (χ0n) is 11.3. The van der Waals surface area contributed by atoms with Crippen LogP contribution in [0.4, 0.5) is 11.4 Å². The molecule has 0 saturated heterocycles. The van der Waals surface area contributed by atoms with Gasteiger partial charge in [-0.2, -0.15) is 0 Å². The number of benzene rings is 1. The quantitative estimate of drug-likeness (QED) is 0.465. The Hall–Kier alpha value is -1.93. The molecular formula is C13H16N2O5S. The number of nitro groups is 1. The van der Waals surface area contributed by atoms with Gasteiger partial charge in [-0.15, -0.1) is 6.58 Å². The van der Waals surface area contributed by atoms with Gasteiger partial charge in [-0.1, -0.05) is 6.08 Å². The minimum absolute atomic E-state index is 0.224. The van der Waals surface area contributed by atoms with Crippen molar-refractivity contribution in [2.45, 2.75) is 23.8 Å². The van der Waals surface area contributed by atoms with Crippen LogP contribution in [0.25, 0.3) is 0 Å². The van der Waals surface area contributed by atoms with Crippen LogP contribution in [-0.4, -0.2) is 37.0 Å². The van der Waals surface area contributed by atoms with E-state index >= 15 is 0 Å². The van der Waals surface area contributed by atoms with Gasteiger partial charge in [-0.05, 0) is 25.0 Å². The van der Waals surface area contributed by atoms with Gasteiger partial charge in [-0.25, -0.2) is 8.42 Å².